The van der Waals surface area contributed by atoms with Gasteiger partial charge in [0.2, 0.25) is 0 Å². The van der Waals surface area contributed by atoms with Crippen molar-refractivity contribution in [1.29, 1.82) is 0 Å². The van der Waals surface area contributed by atoms with Gasteiger partial charge in [-0.1, -0.05) is 0 Å². The molecule has 0 aromatic rings. The fourth-order valence-corrected chi connectivity index (χ4v) is 0.466. The van der Waals surface area contributed by atoms with Crippen LogP contribution in [0.1, 0.15) is 6.92 Å². The Morgan fingerprint density at radius 1 is 1.11 bits per heavy atom. The number of quaternary nitrogens is 1. The smallest absolute Gasteiger partial charge is 0.0977 e. The van der Waals surface area contributed by atoms with Gasteiger partial charge in [-0.3, -0.25) is 0 Å². The highest BCUT2D eigenvalue weighted by atomic mass is 16.5. The summed E-state index contributed by atoms with van der Waals surface area (Å²) in [7, 11) is 0. The molecule has 3 heteroatoms. The molecular weight excluding hydrogens is 118 g/mol. The third-order valence-electron chi connectivity index (χ3n) is 0.865. The summed E-state index contributed by atoms with van der Waals surface area (Å²) in [6.45, 7) is 5.73. The van der Waals surface area contributed by atoms with Gasteiger partial charge < -0.3 is 15.2 Å². The van der Waals surface area contributed by atoms with E-state index in [9.17, 15) is 0 Å². The Balaban J connectivity index is 2.60. The second-order valence-electron chi connectivity index (χ2n) is 1.66. The van der Waals surface area contributed by atoms with Gasteiger partial charge in [0.25, 0.3) is 0 Å². The minimum atomic E-state index is 0.698. The monoisotopic (exact) mass is 134 g/mol. The highest BCUT2D eigenvalue weighted by Crippen LogP contribution is 1.75. The Labute approximate surface area is 56.1 Å². The molecule has 56 valence electrons. The molecule has 0 fully saturated rings. The molecule has 3 nitrogen and oxygen atoms in total. The van der Waals surface area contributed by atoms with E-state index in [1.165, 1.54) is 0 Å². The van der Waals surface area contributed by atoms with E-state index in [0.29, 0.717) is 13.2 Å². The van der Waals surface area contributed by atoms with Gasteiger partial charge in [0, 0.05) is 6.61 Å². The van der Waals surface area contributed by atoms with Crippen LogP contribution >= 0.6 is 0 Å². The molecule has 0 aliphatic carbocycles. The second-order valence-corrected chi connectivity index (χ2v) is 1.66. The molecule has 0 amide bonds. The Morgan fingerprint density at radius 2 is 1.78 bits per heavy atom. The maximum Gasteiger partial charge on any atom is 0.0977 e. The first-order chi connectivity index (χ1) is 4.41. The topological polar surface area (TPSA) is 46.1 Å². The first-order valence-corrected chi connectivity index (χ1v) is 3.36. The van der Waals surface area contributed by atoms with Crippen molar-refractivity contribution in [1.82, 2.24) is 0 Å². The number of hydrogen-bond acceptors (Lipinski definition) is 2. The van der Waals surface area contributed by atoms with Gasteiger partial charge in [0.15, 0.2) is 0 Å². The minimum Gasteiger partial charge on any atom is -0.379 e. The second kappa shape index (κ2) is 7.88. The van der Waals surface area contributed by atoms with Gasteiger partial charge in [-0.15, -0.1) is 0 Å². The van der Waals surface area contributed by atoms with E-state index in [0.717, 1.165) is 19.8 Å². The number of hydrogen-bond donors (Lipinski definition) is 1. The molecule has 0 aliphatic heterocycles. The zero-order chi connectivity index (χ0) is 6.95. The summed E-state index contributed by atoms with van der Waals surface area (Å²) in [5.41, 5.74) is 3.64. The zero-order valence-corrected chi connectivity index (χ0v) is 6.06. The van der Waals surface area contributed by atoms with Crippen molar-refractivity contribution in [2.75, 3.05) is 33.0 Å². The number of rotatable bonds is 6. The molecule has 0 saturated carbocycles. The molecule has 0 unspecified atom stereocenters. The summed E-state index contributed by atoms with van der Waals surface area (Å²) in [4.78, 5) is 0. The summed E-state index contributed by atoms with van der Waals surface area (Å²) in [6, 6.07) is 0. The molecule has 0 atom stereocenters. The summed E-state index contributed by atoms with van der Waals surface area (Å²) < 4.78 is 10.1. The van der Waals surface area contributed by atoms with Crippen LogP contribution in [-0.4, -0.2) is 33.0 Å². The summed E-state index contributed by atoms with van der Waals surface area (Å²) >= 11 is 0. The molecule has 0 spiro atoms. The maximum atomic E-state index is 5.10. The van der Waals surface area contributed by atoms with Crippen LogP contribution in [0.4, 0.5) is 0 Å². The Hall–Kier alpha value is -0.120. The molecule has 0 saturated heterocycles. The normalized spacial score (nSPS) is 10.0. The SMILES string of the molecule is CCOCCOCC[NH3+]. The number of ether oxygens (including phenoxy) is 2. The average molecular weight is 134 g/mol. The van der Waals surface area contributed by atoms with E-state index in [1.807, 2.05) is 6.92 Å². The minimum absolute atomic E-state index is 0.698. The molecule has 0 rings (SSSR count). The first kappa shape index (κ1) is 8.88. The predicted molar refractivity (Wildman–Crippen MR) is 35.1 cm³/mol. The van der Waals surface area contributed by atoms with Crippen LogP contribution in [0.5, 0.6) is 0 Å². The van der Waals surface area contributed by atoms with Crippen molar-refractivity contribution in [3.05, 3.63) is 0 Å². The Morgan fingerprint density at radius 3 is 2.33 bits per heavy atom. The Bertz CT molecular complexity index is 44.3. The molecule has 0 aliphatic rings. The van der Waals surface area contributed by atoms with Crippen molar-refractivity contribution in [2.24, 2.45) is 0 Å². The highest BCUT2D eigenvalue weighted by molar-refractivity contribution is 4.27. The van der Waals surface area contributed by atoms with Crippen LogP contribution in [-0.2, 0) is 9.47 Å². The lowest BCUT2D eigenvalue weighted by molar-refractivity contribution is -0.374. The molecule has 0 aromatic heterocycles. The zero-order valence-electron chi connectivity index (χ0n) is 6.06. The molecule has 0 aromatic carbocycles. The maximum absolute atomic E-state index is 5.10. The van der Waals surface area contributed by atoms with E-state index in [-0.39, 0.29) is 0 Å². The molecule has 0 heterocycles. The standard InChI is InChI=1S/C6H15NO2/c1-2-8-5-6-9-4-3-7/h2-7H2,1H3/p+1. The van der Waals surface area contributed by atoms with E-state index < -0.39 is 0 Å². The predicted octanol–water partition coefficient (Wildman–Crippen LogP) is -0.719. The van der Waals surface area contributed by atoms with Crippen molar-refractivity contribution in [3.8, 4) is 0 Å². The average Bonchev–Trinajstić information content (AvgIpc) is 1.89. The molecule has 0 bridgehead atoms. The lowest BCUT2D eigenvalue weighted by atomic mass is 10.7. The first-order valence-electron chi connectivity index (χ1n) is 3.36. The third kappa shape index (κ3) is 7.88. The lowest BCUT2D eigenvalue weighted by Crippen LogP contribution is -2.52. The molecule has 3 N–H and O–H groups in total. The van der Waals surface area contributed by atoms with E-state index in [4.69, 9.17) is 9.47 Å². The van der Waals surface area contributed by atoms with Crippen molar-refractivity contribution < 1.29 is 15.2 Å². The largest absolute Gasteiger partial charge is 0.379 e. The van der Waals surface area contributed by atoms with Gasteiger partial charge in [0.05, 0.1) is 26.4 Å². The van der Waals surface area contributed by atoms with Gasteiger partial charge in [0.1, 0.15) is 0 Å². The van der Waals surface area contributed by atoms with Crippen molar-refractivity contribution >= 4 is 0 Å². The van der Waals surface area contributed by atoms with Gasteiger partial charge in [-0.2, -0.15) is 0 Å². The van der Waals surface area contributed by atoms with E-state index in [2.05, 4.69) is 5.73 Å². The van der Waals surface area contributed by atoms with Crippen LogP contribution in [0.3, 0.4) is 0 Å². The fraction of sp³-hybridized carbons (Fsp3) is 1.00. The van der Waals surface area contributed by atoms with Crippen LogP contribution in [0.2, 0.25) is 0 Å². The summed E-state index contributed by atoms with van der Waals surface area (Å²) in [5.74, 6) is 0. The van der Waals surface area contributed by atoms with Gasteiger partial charge in [-0.25, -0.2) is 0 Å². The van der Waals surface area contributed by atoms with Crippen molar-refractivity contribution in [3.63, 3.8) is 0 Å². The quantitative estimate of drug-likeness (QED) is 0.487. The van der Waals surface area contributed by atoms with Gasteiger partial charge >= 0.3 is 0 Å². The summed E-state index contributed by atoms with van der Waals surface area (Å²) in [6.07, 6.45) is 0. The van der Waals surface area contributed by atoms with Crippen LogP contribution < -0.4 is 5.73 Å². The fourth-order valence-electron chi connectivity index (χ4n) is 0.466. The lowest BCUT2D eigenvalue weighted by Gasteiger charge is -1.99. The van der Waals surface area contributed by atoms with E-state index in [1.54, 1.807) is 0 Å². The van der Waals surface area contributed by atoms with Gasteiger partial charge in [-0.05, 0) is 6.92 Å². The highest BCUT2D eigenvalue weighted by Gasteiger charge is 1.85. The molecular formula is C6H16NO2+. The molecule has 9 heavy (non-hydrogen) atoms. The van der Waals surface area contributed by atoms with Crippen LogP contribution in [0.25, 0.3) is 0 Å². The third-order valence-corrected chi connectivity index (χ3v) is 0.865. The van der Waals surface area contributed by atoms with Crippen LogP contribution in [0.15, 0.2) is 0 Å². The Kier molecular flexibility index (Phi) is 7.77. The van der Waals surface area contributed by atoms with Crippen LogP contribution in [0, 0.1) is 0 Å². The van der Waals surface area contributed by atoms with E-state index >= 15 is 0 Å². The molecule has 0 radical (unpaired) electrons. The van der Waals surface area contributed by atoms with Crippen molar-refractivity contribution in [2.45, 2.75) is 6.92 Å². The summed E-state index contributed by atoms with van der Waals surface area (Å²) in [5, 5.41) is 0.